The van der Waals surface area contributed by atoms with Crippen molar-refractivity contribution in [2.75, 3.05) is 32.7 Å². The van der Waals surface area contributed by atoms with Crippen molar-refractivity contribution in [1.29, 1.82) is 0 Å². The predicted molar refractivity (Wildman–Crippen MR) is 89.2 cm³/mol. The average Bonchev–Trinajstić information content (AvgIpc) is 3.12. The van der Waals surface area contributed by atoms with Crippen LogP contribution in [0.4, 0.5) is 0 Å². The maximum atomic E-state index is 12.6. The minimum Gasteiger partial charge on any atom is -0.389 e. The van der Waals surface area contributed by atoms with Gasteiger partial charge in [0.15, 0.2) is 0 Å². The fourth-order valence-electron chi connectivity index (χ4n) is 3.34. The van der Waals surface area contributed by atoms with E-state index < -0.39 is 5.60 Å². The van der Waals surface area contributed by atoms with Crippen molar-refractivity contribution in [3.8, 4) is 0 Å². The number of carbonyl (C=O) groups is 1. The van der Waals surface area contributed by atoms with Crippen LogP contribution in [0.1, 0.15) is 35.9 Å². The number of rotatable bonds is 4. The fraction of sp³-hybridized carbons (Fsp3) is 0.706. The number of piperazine rings is 1. The summed E-state index contributed by atoms with van der Waals surface area (Å²) in [5, 5.41) is 9.88. The van der Waals surface area contributed by atoms with Gasteiger partial charge in [0.1, 0.15) is 0 Å². The average molecular weight is 322 g/mol. The third kappa shape index (κ3) is 3.70. The fourth-order valence-corrected chi connectivity index (χ4v) is 4.40. The molecule has 2 atom stereocenters. The first kappa shape index (κ1) is 16.0. The second-order valence-electron chi connectivity index (χ2n) is 7.31. The highest BCUT2D eigenvalue weighted by Gasteiger charge is 2.46. The van der Waals surface area contributed by atoms with Gasteiger partial charge in [0, 0.05) is 54.3 Å². The van der Waals surface area contributed by atoms with Gasteiger partial charge in [0.25, 0.3) is 0 Å². The monoisotopic (exact) mass is 322 g/mol. The van der Waals surface area contributed by atoms with Crippen LogP contribution in [-0.4, -0.2) is 59.1 Å². The molecule has 2 heterocycles. The van der Waals surface area contributed by atoms with Gasteiger partial charge in [0.05, 0.1) is 5.60 Å². The third-order valence-electron chi connectivity index (χ3n) is 4.53. The van der Waals surface area contributed by atoms with E-state index in [1.165, 1.54) is 9.75 Å². The SMILES string of the molecule is Cc1ccc([C@H]2C[C@@H]2C(=O)N2CCN(CC(C)(C)O)CC2)s1. The summed E-state index contributed by atoms with van der Waals surface area (Å²) < 4.78 is 0. The molecule has 1 aliphatic carbocycles. The molecule has 2 aliphatic rings. The molecule has 5 heteroatoms. The van der Waals surface area contributed by atoms with Crippen molar-refractivity contribution in [2.45, 2.75) is 38.7 Å². The standard InChI is InChI=1S/C17H26N2O2S/c1-12-4-5-15(22-12)13-10-14(13)16(20)19-8-6-18(7-9-19)11-17(2,3)21/h4-5,13-14,21H,6-11H2,1-3H3/t13-,14-/m0/s1. The highest BCUT2D eigenvalue weighted by Crippen LogP contribution is 2.50. The topological polar surface area (TPSA) is 43.8 Å². The summed E-state index contributed by atoms with van der Waals surface area (Å²) >= 11 is 1.83. The van der Waals surface area contributed by atoms with E-state index in [-0.39, 0.29) is 5.92 Å². The molecule has 1 aliphatic heterocycles. The van der Waals surface area contributed by atoms with Crippen molar-refractivity contribution in [3.63, 3.8) is 0 Å². The van der Waals surface area contributed by atoms with Gasteiger partial charge in [-0.1, -0.05) is 0 Å². The first-order valence-electron chi connectivity index (χ1n) is 8.13. The molecular formula is C17H26N2O2S. The van der Waals surface area contributed by atoms with Gasteiger partial charge >= 0.3 is 0 Å². The van der Waals surface area contributed by atoms with Crippen LogP contribution in [0.2, 0.25) is 0 Å². The van der Waals surface area contributed by atoms with Crippen LogP contribution in [0, 0.1) is 12.8 Å². The van der Waals surface area contributed by atoms with Crippen molar-refractivity contribution in [2.24, 2.45) is 5.92 Å². The molecule has 0 bridgehead atoms. The Hall–Kier alpha value is -0.910. The molecule has 22 heavy (non-hydrogen) atoms. The number of β-amino-alcohol motifs (C(OH)–C–C–N with tert-alkyl or cyclic N) is 1. The number of aliphatic hydroxyl groups is 1. The lowest BCUT2D eigenvalue weighted by Crippen LogP contribution is -2.52. The number of hydrogen-bond donors (Lipinski definition) is 1. The molecule has 1 amide bonds. The van der Waals surface area contributed by atoms with E-state index in [0.717, 1.165) is 32.6 Å². The summed E-state index contributed by atoms with van der Waals surface area (Å²) in [5.41, 5.74) is -0.662. The van der Waals surface area contributed by atoms with Crippen LogP contribution >= 0.6 is 11.3 Å². The Bertz CT molecular complexity index is 541. The zero-order valence-electron chi connectivity index (χ0n) is 13.7. The smallest absolute Gasteiger partial charge is 0.226 e. The quantitative estimate of drug-likeness (QED) is 0.923. The molecule has 0 unspecified atom stereocenters. The largest absolute Gasteiger partial charge is 0.389 e. The summed E-state index contributed by atoms with van der Waals surface area (Å²) in [4.78, 5) is 19.6. The molecule has 1 N–H and O–H groups in total. The van der Waals surface area contributed by atoms with Crippen molar-refractivity contribution in [3.05, 3.63) is 21.9 Å². The maximum Gasteiger partial charge on any atom is 0.226 e. The lowest BCUT2D eigenvalue weighted by atomic mass is 10.1. The Balaban J connectivity index is 1.49. The summed E-state index contributed by atoms with van der Waals surface area (Å²) in [6, 6.07) is 4.33. The zero-order valence-corrected chi connectivity index (χ0v) is 14.5. The van der Waals surface area contributed by atoms with Crippen molar-refractivity contribution >= 4 is 17.2 Å². The van der Waals surface area contributed by atoms with Crippen LogP contribution in [0.15, 0.2) is 12.1 Å². The second kappa shape index (κ2) is 5.95. The number of amides is 1. The van der Waals surface area contributed by atoms with Crippen molar-refractivity contribution < 1.29 is 9.90 Å². The highest BCUT2D eigenvalue weighted by molar-refractivity contribution is 7.12. The van der Waals surface area contributed by atoms with Gasteiger partial charge < -0.3 is 10.0 Å². The second-order valence-corrected chi connectivity index (χ2v) is 8.63. The van der Waals surface area contributed by atoms with Gasteiger partial charge in [-0.05, 0) is 39.3 Å². The van der Waals surface area contributed by atoms with Gasteiger partial charge in [-0.25, -0.2) is 0 Å². The van der Waals surface area contributed by atoms with E-state index in [2.05, 4.69) is 24.0 Å². The Morgan fingerprint density at radius 3 is 2.55 bits per heavy atom. The molecule has 1 saturated carbocycles. The number of hydrogen-bond acceptors (Lipinski definition) is 4. The molecule has 1 aromatic rings. The Labute approximate surface area is 136 Å². The van der Waals surface area contributed by atoms with Gasteiger partial charge in [-0.2, -0.15) is 0 Å². The minimum absolute atomic E-state index is 0.207. The number of nitrogens with zero attached hydrogens (tertiary/aromatic N) is 2. The van der Waals surface area contributed by atoms with Gasteiger partial charge in [-0.3, -0.25) is 9.69 Å². The molecule has 1 aromatic heterocycles. The predicted octanol–water partition coefficient (Wildman–Crippen LogP) is 2.08. The van der Waals surface area contributed by atoms with Gasteiger partial charge in [-0.15, -0.1) is 11.3 Å². The highest BCUT2D eigenvalue weighted by atomic mass is 32.1. The lowest BCUT2D eigenvalue weighted by Gasteiger charge is -2.37. The molecule has 0 aromatic carbocycles. The first-order chi connectivity index (χ1) is 10.3. The zero-order chi connectivity index (χ0) is 15.9. The van der Waals surface area contributed by atoms with E-state index in [1.54, 1.807) is 0 Å². The van der Waals surface area contributed by atoms with Crippen LogP contribution in [0.25, 0.3) is 0 Å². The minimum atomic E-state index is -0.662. The van der Waals surface area contributed by atoms with Crippen LogP contribution in [-0.2, 0) is 4.79 Å². The van der Waals surface area contributed by atoms with E-state index in [4.69, 9.17) is 0 Å². The molecule has 0 spiro atoms. The van der Waals surface area contributed by atoms with E-state index >= 15 is 0 Å². The van der Waals surface area contributed by atoms with E-state index in [1.807, 2.05) is 30.1 Å². The van der Waals surface area contributed by atoms with Crippen molar-refractivity contribution in [1.82, 2.24) is 9.80 Å². The molecule has 3 rings (SSSR count). The van der Waals surface area contributed by atoms with E-state index in [9.17, 15) is 9.90 Å². The van der Waals surface area contributed by atoms with Crippen LogP contribution < -0.4 is 0 Å². The number of thiophene rings is 1. The number of carbonyl (C=O) groups excluding carboxylic acids is 1. The molecule has 1 saturated heterocycles. The summed E-state index contributed by atoms with van der Waals surface area (Å²) in [5.74, 6) is 0.999. The molecule has 2 fully saturated rings. The summed E-state index contributed by atoms with van der Waals surface area (Å²) in [7, 11) is 0. The normalized spacial score (nSPS) is 26.3. The molecule has 122 valence electrons. The molecule has 0 radical (unpaired) electrons. The van der Waals surface area contributed by atoms with Gasteiger partial charge in [0.2, 0.25) is 5.91 Å². The maximum absolute atomic E-state index is 12.6. The third-order valence-corrected chi connectivity index (χ3v) is 5.66. The Kier molecular flexibility index (Phi) is 4.32. The van der Waals surface area contributed by atoms with Crippen LogP contribution in [0.5, 0.6) is 0 Å². The lowest BCUT2D eigenvalue weighted by molar-refractivity contribution is -0.134. The molecule has 4 nitrogen and oxygen atoms in total. The summed E-state index contributed by atoms with van der Waals surface area (Å²) in [6.07, 6.45) is 1.02. The first-order valence-corrected chi connectivity index (χ1v) is 8.95. The van der Waals surface area contributed by atoms with Crippen LogP contribution in [0.3, 0.4) is 0 Å². The number of aryl methyl sites for hydroxylation is 1. The Morgan fingerprint density at radius 1 is 1.32 bits per heavy atom. The molecular weight excluding hydrogens is 296 g/mol. The Morgan fingerprint density at radius 2 is 2.00 bits per heavy atom. The van der Waals surface area contributed by atoms with E-state index in [0.29, 0.717) is 18.4 Å². The summed E-state index contributed by atoms with van der Waals surface area (Å²) in [6.45, 7) is 9.79.